The minimum absolute atomic E-state index is 0.873. The highest BCUT2D eigenvalue weighted by Gasteiger charge is 1.89. The van der Waals surface area contributed by atoms with E-state index in [9.17, 15) is 0 Å². The first-order chi connectivity index (χ1) is 9.86. The van der Waals surface area contributed by atoms with Crippen molar-refractivity contribution in [1.29, 1.82) is 0 Å². The van der Waals surface area contributed by atoms with Crippen molar-refractivity contribution in [3.63, 3.8) is 0 Å². The van der Waals surface area contributed by atoms with E-state index in [1.165, 1.54) is 0 Å². The number of hydrogen-bond acceptors (Lipinski definition) is 7. The van der Waals surface area contributed by atoms with Crippen molar-refractivity contribution in [2.45, 2.75) is 41.5 Å². The molecule has 7 heteroatoms. The van der Waals surface area contributed by atoms with Crippen LogP contribution in [-0.4, -0.2) is 20.5 Å². The average molecular weight is 308 g/mol. The maximum absolute atomic E-state index is 4.71. The molecule has 3 aromatic heterocycles. The molecular weight excluding hydrogens is 288 g/mol. The maximum atomic E-state index is 4.71. The van der Waals surface area contributed by atoms with Crippen LogP contribution >= 0.6 is 11.3 Å². The van der Waals surface area contributed by atoms with Gasteiger partial charge in [0, 0.05) is 12.1 Å². The molecule has 3 heterocycles. The summed E-state index contributed by atoms with van der Waals surface area (Å²) < 4.78 is 9.43. The third-order valence-electron chi connectivity index (χ3n) is 2.12. The van der Waals surface area contributed by atoms with Gasteiger partial charge in [0.1, 0.15) is 21.5 Å². The van der Waals surface area contributed by atoms with Crippen molar-refractivity contribution < 1.29 is 9.05 Å². The Morgan fingerprint density at radius 1 is 0.714 bits per heavy atom. The second kappa shape index (κ2) is 8.31. The first kappa shape index (κ1) is 17.0. The fourth-order valence-electron chi connectivity index (χ4n) is 1.38. The number of aryl methyl sites for hydroxylation is 6. The lowest BCUT2D eigenvalue weighted by Gasteiger charge is -1.65. The molecule has 21 heavy (non-hydrogen) atoms. The molecular formula is C14H20N4O2S. The standard InChI is InChI=1S/2C5H7NO.C4H6N2S/c2*1-4-3-5(2)7-6-4;1-3-5-6-4(2)7-3/h2*3H,1-2H3;1-2H3. The predicted octanol–water partition coefficient (Wildman–Crippen LogP) is 3.74. The van der Waals surface area contributed by atoms with Gasteiger partial charge >= 0.3 is 0 Å². The van der Waals surface area contributed by atoms with E-state index in [1.807, 2.05) is 53.7 Å². The summed E-state index contributed by atoms with van der Waals surface area (Å²) >= 11 is 1.62. The minimum atomic E-state index is 0.873. The van der Waals surface area contributed by atoms with Crippen LogP contribution in [0.15, 0.2) is 21.2 Å². The molecule has 6 nitrogen and oxygen atoms in total. The van der Waals surface area contributed by atoms with Gasteiger partial charge in [0.15, 0.2) is 0 Å². The van der Waals surface area contributed by atoms with Crippen LogP contribution in [0.4, 0.5) is 0 Å². The Morgan fingerprint density at radius 2 is 1.10 bits per heavy atom. The van der Waals surface area contributed by atoms with Crippen LogP contribution in [0.5, 0.6) is 0 Å². The molecule has 114 valence electrons. The highest BCUT2D eigenvalue weighted by atomic mass is 32.1. The molecule has 0 unspecified atom stereocenters. The first-order valence-corrected chi connectivity index (χ1v) is 7.25. The van der Waals surface area contributed by atoms with E-state index >= 15 is 0 Å². The van der Waals surface area contributed by atoms with E-state index in [2.05, 4.69) is 20.5 Å². The highest BCUT2D eigenvalue weighted by Crippen LogP contribution is 2.04. The molecule has 3 rings (SSSR count). The summed E-state index contributed by atoms with van der Waals surface area (Å²) in [5.74, 6) is 1.75. The van der Waals surface area contributed by atoms with Crippen molar-refractivity contribution in [3.8, 4) is 0 Å². The van der Waals surface area contributed by atoms with Crippen LogP contribution in [0.25, 0.3) is 0 Å². The largest absolute Gasteiger partial charge is 0.361 e. The fourth-order valence-corrected chi connectivity index (χ4v) is 1.97. The van der Waals surface area contributed by atoms with Crippen LogP contribution in [-0.2, 0) is 0 Å². The Morgan fingerprint density at radius 3 is 1.19 bits per heavy atom. The molecule has 0 N–H and O–H groups in total. The zero-order valence-corrected chi connectivity index (χ0v) is 14.0. The lowest BCUT2D eigenvalue weighted by Crippen LogP contribution is -1.68. The molecule has 0 fully saturated rings. The van der Waals surface area contributed by atoms with Crippen LogP contribution < -0.4 is 0 Å². The van der Waals surface area contributed by atoms with Gasteiger partial charge in [-0.25, -0.2) is 0 Å². The van der Waals surface area contributed by atoms with Crippen molar-refractivity contribution in [2.75, 3.05) is 0 Å². The summed E-state index contributed by atoms with van der Waals surface area (Å²) in [5, 5.41) is 16.9. The Labute approximate surface area is 128 Å². The summed E-state index contributed by atoms with van der Waals surface area (Å²) in [7, 11) is 0. The summed E-state index contributed by atoms with van der Waals surface area (Å²) in [6.45, 7) is 11.4. The molecule has 0 saturated heterocycles. The van der Waals surface area contributed by atoms with Crippen molar-refractivity contribution in [3.05, 3.63) is 45.1 Å². The second-order valence-electron chi connectivity index (χ2n) is 4.50. The highest BCUT2D eigenvalue weighted by molar-refractivity contribution is 7.11. The summed E-state index contributed by atoms with van der Waals surface area (Å²) in [4.78, 5) is 0. The van der Waals surface area contributed by atoms with Gasteiger partial charge in [0.2, 0.25) is 0 Å². The maximum Gasteiger partial charge on any atom is 0.133 e. The van der Waals surface area contributed by atoms with Crippen LogP contribution in [0.2, 0.25) is 0 Å². The van der Waals surface area contributed by atoms with Crippen LogP contribution in [0.3, 0.4) is 0 Å². The second-order valence-corrected chi connectivity index (χ2v) is 5.88. The normalized spacial score (nSPS) is 9.43. The van der Waals surface area contributed by atoms with Crippen LogP contribution in [0.1, 0.15) is 32.9 Å². The van der Waals surface area contributed by atoms with Crippen molar-refractivity contribution >= 4 is 11.3 Å². The SMILES string of the molecule is Cc1cc(C)on1.Cc1cc(C)on1.Cc1nnc(C)s1. The summed E-state index contributed by atoms with van der Waals surface area (Å²) in [6.07, 6.45) is 0. The molecule has 0 bridgehead atoms. The topological polar surface area (TPSA) is 77.8 Å². The average Bonchev–Trinajstić information content (AvgIpc) is 3.06. The third-order valence-corrected chi connectivity index (χ3v) is 2.87. The van der Waals surface area contributed by atoms with Crippen LogP contribution in [0, 0.1) is 41.5 Å². The van der Waals surface area contributed by atoms with E-state index in [0.717, 1.165) is 32.9 Å². The summed E-state index contributed by atoms with van der Waals surface area (Å²) in [6, 6.07) is 3.78. The van der Waals surface area contributed by atoms with Crippen molar-refractivity contribution in [1.82, 2.24) is 20.5 Å². The van der Waals surface area contributed by atoms with Gasteiger partial charge in [0.25, 0.3) is 0 Å². The Hall–Kier alpha value is -2.02. The first-order valence-electron chi connectivity index (χ1n) is 6.43. The molecule has 0 aliphatic rings. The molecule has 0 spiro atoms. The molecule has 0 saturated carbocycles. The zero-order chi connectivity index (χ0) is 15.8. The van der Waals surface area contributed by atoms with Gasteiger partial charge in [-0.15, -0.1) is 21.5 Å². The minimum Gasteiger partial charge on any atom is -0.361 e. The number of hydrogen-bond donors (Lipinski definition) is 0. The van der Waals surface area contributed by atoms with E-state index in [-0.39, 0.29) is 0 Å². The van der Waals surface area contributed by atoms with Gasteiger partial charge < -0.3 is 9.05 Å². The number of nitrogens with zero attached hydrogens (tertiary/aromatic N) is 4. The lowest BCUT2D eigenvalue weighted by molar-refractivity contribution is 0.393. The molecule has 0 atom stereocenters. The van der Waals surface area contributed by atoms with E-state index in [0.29, 0.717) is 0 Å². The Kier molecular flexibility index (Phi) is 6.74. The van der Waals surface area contributed by atoms with E-state index in [4.69, 9.17) is 9.05 Å². The molecule has 0 aliphatic heterocycles. The molecule has 3 aromatic rings. The monoisotopic (exact) mass is 308 g/mol. The Bertz CT molecular complexity index is 517. The Balaban J connectivity index is 0.000000157. The predicted molar refractivity (Wildman–Crippen MR) is 81.3 cm³/mol. The fraction of sp³-hybridized carbons (Fsp3) is 0.429. The van der Waals surface area contributed by atoms with Crippen molar-refractivity contribution in [2.24, 2.45) is 0 Å². The smallest absolute Gasteiger partial charge is 0.133 e. The number of aromatic nitrogens is 4. The lowest BCUT2D eigenvalue weighted by atomic mass is 10.4. The van der Waals surface area contributed by atoms with Gasteiger partial charge in [0.05, 0.1) is 11.4 Å². The van der Waals surface area contributed by atoms with E-state index in [1.54, 1.807) is 11.3 Å². The van der Waals surface area contributed by atoms with Gasteiger partial charge in [-0.1, -0.05) is 10.3 Å². The quantitative estimate of drug-likeness (QED) is 0.629. The summed E-state index contributed by atoms with van der Waals surface area (Å²) in [5.41, 5.74) is 1.88. The van der Waals surface area contributed by atoms with Gasteiger partial charge in [-0.05, 0) is 41.5 Å². The third kappa shape index (κ3) is 7.36. The van der Waals surface area contributed by atoms with Gasteiger partial charge in [-0.3, -0.25) is 0 Å². The molecule has 0 radical (unpaired) electrons. The molecule has 0 amide bonds. The molecule has 0 aliphatic carbocycles. The van der Waals surface area contributed by atoms with Gasteiger partial charge in [-0.2, -0.15) is 0 Å². The molecule has 0 aromatic carbocycles. The zero-order valence-electron chi connectivity index (χ0n) is 13.2. The number of rotatable bonds is 0. The van der Waals surface area contributed by atoms with E-state index < -0.39 is 0 Å².